The number of ether oxygens (including phenoxy) is 2. The molecule has 1 aromatic heterocycles. The Kier molecular flexibility index (Phi) is 5.75. The number of thioether (sulfide) groups is 1. The van der Waals surface area contributed by atoms with Crippen molar-refractivity contribution in [3.05, 3.63) is 48.5 Å². The Balaban J connectivity index is 1.64. The first-order valence-electron chi connectivity index (χ1n) is 7.81. The van der Waals surface area contributed by atoms with Crippen molar-refractivity contribution in [1.29, 1.82) is 0 Å². The van der Waals surface area contributed by atoms with Crippen LogP contribution in [0.15, 0.2) is 53.7 Å². The first-order valence-corrected chi connectivity index (χ1v) is 8.80. The van der Waals surface area contributed by atoms with E-state index in [2.05, 4.69) is 20.5 Å². The summed E-state index contributed by atoms with van der Waals surface area (Å²) in [6.07, 6.45) is 0. The van der Waals surface area contributed by atoms with E-state index in [-0.39, 0.29) is 11.7 Å². The van der Waals surface area contributed by atoms with Crippen LogP contribution in [0.1, 0.15) is 0 Å². The molecule has 0 radical (unpaired) electrons. The third kappa shape index (κ3) is 4.54. The molecule has 3 rings (SSSR count). The lowest BCUT2D eigenvalue weighted by Gasteiger charge is -2.06. The number of methoxy groups -OCH3 is 2. The number of H-pyrrole nitrogens is 1. The van der Waals surface area contributed by atoms with Gasteiger partial charge >= 0.3 is 0 Å². The Bertz CT molecular complexity index is 861. The number of para-hydroxylation sites is 1. The molecular weight excluding hydrogens is 352 g/mol. The number of amides is 1. The molecule has 0 aliphatic heterocycles. The summed E-state index contributed by atoms with van der Waals surface area (Å²) in [4.78, 5) is 16.4. The van der Waals surface area contributed by atoms with Crippen LogP contribution in [0.4, 0.5) is 5.69 Å². The maximum Gasteiger partial charge on any atom is 0.234 e. The average molecular weight is 370 g/mol. The van der Waals surface area contributed by atoms with Gasteiger partial charge in [-0.15, -0.1) is 5.10 Å². The highest BCUT2D eigenvalue weighted by atomic mass is 32.2. The van der Waals surface area contributed by atoms with Gasteiger partial charge in [0.15, 0.2) is 5.82 Å². The fourth-order valence-electron chi connectivity index (χ4n) is 2.23. The molecule has 0 aliphatic carbocycles. The number of carbonyl (C=O) groups is 1. The Morgan fingerprint density at radius 3 is 2.46 bits per heavy atom. The maximum atomic E-state index is 12.0. The molecule has 0 aliphatic rings. The Morgan fingerprint density at radius 2 is 1.81 bits per heavy atom. The highest BCUT2D eigenvalue weighted by Crippen LogP contribution is 2.28. The zero-order valence-electron chi connectivity index (χ0n) is 14.4. The largest absolute Gasteiger partial charge is 0.497 e. The van der Waals surface area contributed by atoms with E-state index in [1.807, 2.05) is 42.5 Å². The van der Waals surface area contributed by atoms with Crippen molar-refractivity contribution < 1.29 is 14.3 Å². The van der Waals surface area contributed by atoms with Crippen LogP contribution in [0.5, 0.6) is 11.5 Å². The SMILES string of the molecule is COc1cc(OC)cc(-c2nc(SCC(=O)Nc3ccccc3)n[nH]2)c1. The highest BCUT2D eigenvalue weighted by Gasteiger charge is 2.11. The second kappa shape index (κ2) is 8.39. The lowest BCUT2D eigenvalue weighted by atomic mass is 10.2. The second-order valence-electron chi connectivity index (χ2n) is 5.27. The van der Waals surface area contributed by atoms with E-state index in [9.17, 15) is 4.79 Å². The molecule has 0 saturated carbocycles. The second-order valence-corrected chi connectivity index (χ2v) is 6.21. The summed E-state index contributed by atoms with van der Waals surface area (Å²) in [5.74, 6) is 2.00. The lowest BCUT2D eigenvalue weighted by molar-refractivity contribution is -0.113. The molecule has 7 nitrogen and oxygen atoms in total. The number of benzene rings is 2. The smallest absolute Gasteiger partial charge is 0.234 e. The Morgan fingerprint density at radius 1 is 1.12 bits per heavy atom. The Labute approximate surface area is 155 Å². The van der Waals surface area contributed by atoms with E-state index < -0.39 is 0 Å². The van der Waals surface area contributed by atoms with Gasteiger partial charge in [0.05, 0.1) is 20.0 Å². The average Bonchev–Trinajstić information content (AvgIpc) is 3.16. The van der Waals surface area contributed by atoms with E-state index in [4.69, 9.17) is 9.47 Å². The van der Waals surface area contributed by atoms with Crippen molar-refractivity contribution in [3.63, 3.8) is 0 Å². The lowest BCUT2D eigenvalue weighted by Crippen LogP contribution is -2.13. The first-order chi connectivity index (χ1) is 12.7. The topological polar surface area (TPSA) is 89.1 Å². The zero-order valence-corrected chi connectivity index (χ0v) is 15.2. The van der Waals surface area contributed by atoms with Crippen LogP contribution in [-0.2, 0) is 4.79 Å². The third-order valence-electron chi connectivity index (χ3n) is 3.48. The monoisotopic (exact) mass is 370 g/mol. The number of nitrogens with zero attached hydrogens (tertiary/aromatic N) is 2. The molecule has 3 aromatic rings. The molecule has 0 unspecified atom stereocenters. The summed E-state index contributed by atoms with van der Waals surface area (Å²) in [5.41, 5.74) is 1.55. The van der Waals surface area contributed by atoms with Crippen molar-refractivity contribution in [1.82, 2.24) is 15.2 Å². The van der Waals surface area contributed by atoms with Crippen molar-refractivity contribution in [2.24, 2.45) is 0 Å². The van der Waals surface area contributed by atoms with Crippen LogP contribution < -0.4 is 14.8 Å². The Hall–Kier alpha value is -3.00. The van der Waals surface area contributed by atoms with Crippen LogP contribution in [0, 0.1) is 0 Å². The predicted molar refractivity (Wildman–Crippen MR) is 101 cm³/mol. The standard InChI is InChI=1S/C18H18N4O3S/c1-24-14-8-12(9-15(10-14)25-2)17-20-18(22-21-17)26-11-16(23)19-13-6-4-3-5-7-13/h3-10H,11H2,1-2H3,(H,19,23)(H,20,21,22). The van der Waals surface area contributed by atoms with E-state index in [0.29, 0.717) is 22.5 Å². The van der Waals surface area contributed by atoms with Gasteiger partial charge in [-0.25, -0.2) is 4.98 Å². The molecule has 0 bridgehead atoms. The first kappa shape index (κ1) is 17.8. The van der Waals surface area contributed by atoms with Crippen LogP contribution in [0.2, 0.25) is 0 Å². The van der Waals surface area contributed by atoms with Crippen LogP contribution in [0.3, 0.4) is 0 Å². The van der Waals surface area contributed by atoms with E-state index in [1.165, 1.54) is 11.8 Å². The summed E-state index contributed by atoms with van der Waals surface area (Å²) in [7, 11) is 3.18. The van der Waals surface area contributed by atoms with Gasteiger partial charge in [0.1, 0.15) is 11.5 Å². The molecule has 0 fully saturated rings. The summed E-state index contributed by atoms with van der Waals surface area (Å²) < 4.78 is 10.5. The van der Waals surface area contributed by atoms with Gasteiger partial charge < -0.3 is 14.8 Å². The highest BCUT2D eigenvalue weighted by molar-refractivity contribution is 7.99. The molecule has 2 aromatic carbocycles. The van der Waals surface area contributed by atoms with E-state index >= 15 is 0 Å². The molecule has 0 atom stereocenters. The quantitative estimate of drug-likeness (QED) is 0.621. The molecule has 8 heteroatoms. The van der Waals surface area contributed by atoms with Crippen molar-refractivity contribution >= 4 is 23.4 Å². The van der Waals surface area contributed by atoms with E-state index in [1.54, 1.807) is 20.3 Å². The number of aromatic nitrogens is 3. The molecular formula is C18H18N4O3S. The molecule has 2 N–H and O–H groups in total. The number of hydrogen-bond donors (Lipinski definition) is 2. The normalized spacial score (nSPS) is 10.4. The number of aromatic amines is 1. The summed E-state index contributed by atoms with van der Waals surface area (Å²) >= 11 is 1.26. The molecule has 26 heavy (non-hydrogen) atoms. The molecule has 0 spiro atoms. The minimum absolute atomic E-state index is 0.115. The van der Waals surface area contributed by atoms with Gasteiger partial charge in [-0.2, -0.15) is 0 Å². The summed E-state index contributed by atoms with van der Waals surface area (Å²) in [6, 6.07) is 14.8. The number of rotatable bonds is 7. The third-order valence-corrected chi connectivity index (χ3v) is 4.33. The number of carbonyl (C=O) groups excluding carboxylic acids is 1. The number of nitrogens with one attached hydrogen (secondary N) is 2. The minimum atomic E-state index is -0.115. The fourth-order valence-corrected chi connectivity index (χ4v) is 2.83. The van der Waals surface area contributed by atoms with Crippen LogP contribution in [-0.4, -0.2) is 41.1 Å². The minimum Gasteiger partial charge on any atom is -0.497 e. The molecule has 1 amide bonds. The van der Waals surface area contributed by atoms with Crippen LogP contribution >= 0.6 is 11.8 Å². The summed E-state index contributed by atoms with van der Waals surface area (Å²) in [6.45, 7) is 0. The van der Waals surface area contributed by atoms with Gasteiger partial charge in [0.2, 0.25) is 11.1 Å². The predicted octanol–water partition coefficient (Wildman–Crippen LogP) is 3.22. The fraction of sp³-hybridized carbons (Fsp3) is 0.167. The van der Waals surface area contributed by atoms with Crippen molar-refractivity contribution in [3.8, 4) is 22.9 Å². The maximum absolute atomic E-state index is 12.0. The molecule has 0 saturated heterocycles. The zero-order chi connectivity index (χ0) is 18.4. The number of hydrogen-bond acceptors (Lipinski definition) is 6. The van der Waals surface area contributed by atoms with Gasteiger partial charge in [0, 0.05) is 17.3 Å². The number of anilines is 1. The molecule has 134 valence electrons. The van der Waals surface area contributed by atoms with Crippen LogP contribution in [0.25, 0.3) is 11.4 Å². The van der Waals surface area contributed by atoms with E-state index in [0.717, 1.165) is 11.3 Å². The van der Waals surface area contributed by atoms with Crippen molar-refractivity contribution in [2.45, 2.75) is 5.16 Å². The van der Waals surface area contributed by atoms with Gasteiger partial charge in [0.25, 0.3) is 0 Å². The van der Waals surface area contributed by atoms with Gasteiger partial charge in [-0.05, 0) is 24.3 Å². The van der Waals surface area contributed by atoms with Crippen molar-refractivity contribution in [2.75, 3.05) is 25.3 Å². The van der Waals surface area contributed by atoms with Gasteiger partial charge in [-0.3, -0.25) is 9.89 Å². The van der Waals surface area contributed by atoms with Gasteiger partial charge in [-0.1, -0.05) is 30.0 Å². The molecule has 1 heterocycles. The summed E-state index contributed by atoms with van der Waals surface area (Å²) in [5, 5.41) is 10.3.